The third-order valence-corrected chi connectivity index (χ3v) is 6.36. The van der Waals surface area contributed by atoms with E-state index in [1.165, 1.54) is 0 Å². The van der Waals surface area contributed by atoms with Crippen molar-refractivity contribution in [1.82, 2.24) is 0 Å². The first kappa shape index (κ1) is 13.4. The highest BCUT2D eigenvalue weighted by molar-refractivity contribution is 7.91. The van der Waals surface area contributed by atoms with Gasteiger partial charge in [0.05, 0.1) is 6.10 Å². The van der Waals surface area contributed by atoms with Crippen LogP contribution in [0.2, 0.25) is 0 Å². The molecule has 0 saturated heterocycles. The van der Waals surface area contributed by atoms with E-state index in [1.54, 1.807) is 0 Å². The molecule has 5 nitrogen and oxygen atoms in total. The summed E-state index contributed by atoms with van der Waals surface area (Å²) >= 11 is 0. The SMILES string of the molecule is O=S1(=O)N=C(C[C@H]2CCC[C@H]2O)OC2CCCCC21. The first-order chi connectivity index (χ1) is 9.06. The molecule has 1 aliphatic heterocycles. The highest BCUT2D eigenvalue weighted by atomic mass is 32.2. The van der Waals surface area contributed by atoms with E-state index in [0.29, 0.717) is 18.7 Å². The number of hydrogen-bond donors (Lipinski definition) is 1. The van der Waals surface area contributed by atoms with Gasteiger partial charge < -0.3 is 9.84 Å². The maximum Gasteiger partial charge on any atom is 0.262 e. The molecule has 3 aliphatic rings. The monoisotopic (exact) mass is 287 g/mol. The van der Waals surface area contributed by atoms with E-state index >= 15 is 0 Å². The molecule has 2 fully saturated rings. The van der Waals surface area contributed by atoms with Crippen LogP contribution in [0.5, 0.6) is 0 Å². The first-order valence-corrected chi connectivity index (χ1v) is 8.74. The summed E-state index contributed by atoms with van der Waals surface area (Å²) in [4.78, 5) is 0. The topological polar surface area (TPSA) is 76.0 Å². The average molecular weight is 287 g/mol. The van der Waals surface area contributed by atoms with E-state index in [-0.39, 0.29) is 18.1 Å². The molecule has 0 radical (unpaired) electrons. The summed E-state index contributed by atoms with van der Waals surface area (Å²) in [6, 6.07) is 0. The summed E-state index contributed by atoms with van der Waals surface area (Å²) in [7, 11) is -3.41. The first-order valence-electron chi connectivity index (χ1n) is 7.23. The molecule has 0 bridgehead atoms. The minimum absolute atomic E-state index is 0.106. The Labute approximate surface area is 114 Å². The molecular weight excluding hydrogens is 266 g/mol. The van der Waals surface area contributed by atoms with Crippen LogP contribution >= 0.6 is 0 Å². The summed E-state index contributed by atoms with van der Waals surface area (Å²) < 4.78 is 34.0. The fourth-order valence-electron chi connectivity index (χ4n) is 3.51. The number of sulfonamides is 1. The number of ether oxygens (including phenoxy) is 1. The Hall–Kier alpha value is -0.620. The highest BCUT2D eigenvalue weighted by Crippen LogP contribution is 2.34. The Morgan fingerprint density at radius 3 is 2.68 bits per heavy atom. The predicted octanol–water partition coefficient (Wildman–Crippen LogP) is 1.61. The van der Waals surface area contributed by atoms with Gasteiger partial charge in [0, 0.05) is 6.42 Å². The van der Waals surface area contributed by atoms with Crippen molar-refractivity contribution in [3.05, 3.63) is 0 Å². The summed E-state index contributed by atoms with van der Waals surface area (Å²) in [5.74, 6) is 0.434. The molecule has 0 aromatic carbocycles. The fourth-order valence-corrected chi connectivity index (χ4v) is 5.09. The molecule has 2 unspecified atom stereocenters. The summed E-state index contributed by atoms with van der Waals surface area (Å²) in [6.45, 7) is 0. The summed E-state index contributed by atoms with van der Waals surface area (Å²) in [5, 5.41) is 9.38. The van der Waals surface area contributed by atoms with Crippen molar-refractivity contribution in [3.8, 4) is 0 Å². The van der Waals surface area contributed by atoms with Crippen LogP contribution in [-0.4, -0.2) is 36.9 Å². The van der Waals surface area contributed by atoms with E-state index in [9.17, 15) is 13.5 Å². The maximum atomic E-state index is 12.2. The lowest BCUT2D eigenvalue weighted by molar-refractivity contribution is 0.112. The van der Waals surface area contributed by atoms with E-state index in [4.69, 9.17) is 4.74 Å². The van der Waals surface area contributed by atoms with Gasteiger partial charge in [-0.2, -0.15) is 0 Å². The Kier molecular flexibility index (Phi) is 3.55. The number of nitrogens with zero attached hydrogens (tertiary/aromatic N) is 1. The van der Waals surface area contributed by atoms with E-state index in [1.807, 2.05) is 0 Å². The standard InChI is InChI=1S/C13H21NO4S/c15-10-5-3-4-9(10)8-13-14-19(16,17)12-7-2-1-6-11(12)18-13/h9-12,15H,1-8H2/t9-,10-,11?,12?/m1/s1. The van der Waals surface area contributed by atoms with Crippen molar-refractivity contribution in [1.29, 1.82) is 0 Å². The molecule has 2 saturated carbocycles. The second-order valence-electron chi connectivity index (χ2n) is 5.94. The van der Waals surface area contributed by atoms with E-state index < -0.39 is 15.3 Å². The zero-order chi connectivity index (χ0) is 13.5. The average Bonchev–Trinajstić information content (AvgIpc) is 2.74. The molecule has 19 heavy (non-hydrogen) atoms. The minimum atomic E-state index is -3.41. The Bertz CT molecular complexity index is 473. The molecule has 0 amide bonds. The van der Waals surface area contributed by atoms with Gasteiger partial charge in [0.2, 0.25) is 5.90 Å². The van der Waals surface area contributed by atoms with E-state index in [0.717, 1.165) is 38.5 Å². The van der Waals surface area contributed by atoms with Crippen LogP contribution in [0, 0.1) is 5.92 Å². The number of fused-ring (bicyclic) bond motifs is 1. The number of aliphatic hydroxyl groups excluding tert-OH is 1. The van der Waals surface area contributed by atoms with Crippen LogP contribution in [0.1, 0.15) is 51.4 Å². The molecular formula is C13H21NO4S. The quantitative estimate of drug-likeness (QED) is 0.837. The molecule has 2 aliphatic carbocycles. The number of rotatable bonds is 2. The molecule has 108 valence electrons. The normalized spacial score (nSPS) is 41.2. The Balaban J connectivity index is 1.77. The highest BCUT2D eigenvalue weighted by Gasteiger charge is 2.42. The number of hydrogen-bond acceptors (Lipinski definition) is 4. The van der Waals surface area contributed by atoms with Crippen LogP contribution in [-0.2, 0) is 14.8 Å². The van der Waals surface area contributed by atoms with Crippen LogP contribution in [0.4, 0.5) is 0 Å². The van der Waals surface area contributed by atoms with Crippen molar-refractivity contribution in [2.75, 3.05) is 0 Å². The molecule has 0 aromatic heterocycles. The molecule has 3 rings (SSSR count). The van der Waals surface area contributed by atoms with E-state index in [2.05, 4.69) is 4.40 Å². The third kappa shape index (κ3) is 2.65. The smallest absolute Gasteiger partial charge is 0.262 e. The Morgan fingerprint density at radius 1 is 1.16 bits per heavy atom. The molecule has 6 heteroatoms. The van der Waals surface area contributed by atoms with Gasteiger partial charge in [-0.25, -0.2) is 8.42 Å². The summed E-state index contributed by atoms with van der Waals surface area (Å²) in [6.07, 6.45) is 6.07. The van der Waals surface area contributed by atoms with Crippen LogP contribution in [0.3, 0.4) is 0 Å². The lowest BCUT2D eigenvalue weighted by Gasteiger charge is -2.34. The van der Waals surface area contributed by atoms with Gasteiger partial charge in [0.1, 0.15) is 11.4 Å². The molecule has 1 heterocycles. The lowest BCUT2D eigenvalue weighted by Crippen LogP contribution is -2.43. The van der Waals surface area contributed by atoms with Crippen LogP contribution in [0.25, 0.3) is 0 Å². The van der Waals surface area contributed by atoms with Gasteiger partial charge >= 0.3 is 0 Å². The number of aliphatic hydroxyl groups is 1. The van der Waals surface area contributed by atoms with Gasteiger partial charge in [-0.3, -0.25) is 0 Å². The van der Waals surface area contributed by atoms with Crippen molar-refractivity contribution >= 4 is 15.9 Å². The van der Waals surface area contributed by atoms with Gasteiger partial charge in [-0.05, 0) is 38.0 Å². The van der Waals surface area contributed by atoms with Gasteiger partial charge in [-0.15, -0.1) is 4.40 Å². The molecule has 4 atom stereocenters. The second-order valence-corrected chi connectivity index (χ2v) is 7.76. The van der Waals surface area contributed by atoms with Gasteiger partial charge in [0.25, 0.3) is 10.0 Å². The molecule has 0 spiro atoms. The predicted molar refractivity (Wildman–Crippen MR) is 71.4 cm³/mol. The van der Waals surface area contributed by atoms with Gasteiger partial charge in [-0.1, -0.05) is 12.8 Å². The zero-order valence-corrected chi connectivity index (χ0v) is 11.8. The molecule has 0 aromatic rings. The van der Waals surface area contributed by atoms with Crippen molar-refractivity contribution in [2.24, 2.45) is 10.3 Å². The fraction of sp³-hybridized carbons (Fsp3) is 0.923. The summed E-state index contributed by atoms with van der Waals surface area (Å²) in [5.41, 5.74) is 0. The van der Waals surface area contributed by atoms with Gasteiger partial charge in [0.15, 0.2) is 0 Å². The lowest BCUT2D eigenvalue weighted by atomic mass is 9.96. The molecule has 1 N–H and O–H groups in total. The third-order valence-electron chi connectivity index (χ3n) is 4.60. The zero-order valence-electron chi connectivity index (χ0n) is 11.0. The van der Waals surface area contributed by atoms with Crippen molar-refractivity contribution < 1.29 is 18.3 Å². The largest absolute Gasteiger partial charge is 0.475 e. The van der Waals surface area contributed by atoms with Crippen LogP contribution in [0.15, 0.2) is 4.40 Å². The van der Waals surface area contributed by atoms with Crippen molar-refractivity contribution in [3.63, 3.8) is 0 Å². The van der Waals surface area contributed by atoms with Crippen LogP contribution < -0.4 is 0 Å². The Morgan fingerprint density at radius 2 is 1.95 bits per heavy atom. The second kappa shape index (κ2) is 5.05. The minimum Gasteiger partial charge on any atom is -0.475 e. The maximum absolute atomic E-state index is 12.2. The van der Waals surface area contributed by atoms with Crippen molar-refractivity contribution in [2.45, 2.75) is 68.8 Å².